The van der Waals surface area contributed by atoms with E-state index in [4.69, 9.17) is 10.5 Å². The van der Waals surface area contributed by atoms with E-state index in [-0.39, 0.29) is 12.5 Å². The fourth-order valence-corrected chi connectivity index (χ4v) is 5.41. The van der Waals surface area contributed by atoms with Crippen molar-refractivity contribution in [3.63, 3.8) is 0 Å². The number of fused-ring (bicyclic) bond motifs is 3. The molecule has 5 nitrogen and oxygen atoms in total. The Kier molecular flexibility index (Phi) is 5.17. The lowest BCUT2D eigenvalue weighted by atomic mass is 9.80. The first kappa shape index (κ1) is 19.0. The van der Waals surface area contributed by atoms with E-state index in [1.54, 1.807) is 11.8 Å². The second-order valence-electron chi connectivity index (χ2n) is 7.39. The molecule has 0 spiro atoms. The maximum absolute atomic E-state index is 12.9. The van der Waals surface area contributed by atoms with Crippen molar-refractivity contribution in [2.45, 2.75) is 24.3 Å². The van der Waals surface area contributed by atoms with Crippen LogP contribution in [0, 0.1) is 5.92 Å². The summed E-state index contributed by atoms with van der Waals surface area (Å²) in [6, 6.07) is 16.1. The minimum absolute atomic E-state index is 0.0839. The van der Waals surface area contributed by atoms with Gasteiger partial charge in [0.1, 0.15) is 6.61 Å². The van der Waals surface area contributed by atoms with Gasteiger partial charge in [0, 0.05) is 11.8 Å². The molecule has 1 aliphatic carbocycles. The molecule has 146 valence electrons. The molecule has 4 rings (SSSR count). The summed E-state index contributed by atoms with van der Waals surface area (Å²) in [5.41, 5.74) is 8.59. The van der Waals surface area contributed by atoms with Crippen LogP contribution in [0.2, 0.25) is 0 Å². The Morgan fingerprint density at radius 2 is 1.57 bits per heavy atom. The summed E-state index contributed by atoms with van der Waals surface area (Å²) in [7, 11) is 0. The van der Waals surface area contributed by atoms with Crippen LogP contribution in [-0.4, -0.2) is 40.7 Å². The summed E-state index contributed by atoms with van der Waals surface area (Å²) in [5.74, 6) is -1.03. The molecule has 1 atom stereocenters. The van der Waals surface area contributed by atoms with Gasteiger partial charge in [-0.3, -0.25) is 0 Å². The van der Waals surface area contributed by atoms with Gasteiger partial charge in [0.05, 0.1) is 0 Å². The number of carbonyl (C=O) groups is 2. The fraction of sp³-hybridized carbons (Fsp3) is 0.364. The average Bonchev–Trinajstić information content (AvgIpc) is 3.05. The van der Waals surface area contributed by atoms with E-state index in [9.17, 15) is 14.7 Å². The van der Waals surface area contributed by atoms with Gasteiger partial charge in [0.25, 0.3) is 0 Å². The molecule has 2 aromatic carbocycles. The van der Waals surface area contributed by atoms with Crippen LogP contribution < -0.4 is 5.73 Å². The molecule has 0 saturated carbocycles. The van der Waals surface area contributed by atoms with Gasteiger partial charge < -0.3 is 15.6 Å². The van der Waals surface area contributed by atoms with Gasteiger partial charge in [0.2, 0.25) is 5.54 Å². The topological polar surface area (TPSA) is 89.6 Å². The number of rotatable bonds is 5. The van der Waals surface area contributed by atoms with Gasteiger partial charge in [0.15, 0.2) is 0 Å². The SMILES string of the molecule is NC(C(=O)O)(C(=O)OCC1c2ccccc2-c2ccccc21)C1CCSCC1. The van der Waals surface area contributed by atoms with Crippen molar-refractivity contribution in [3.05, 3.63) is 59.7 Å². The molecule has 1 unspecified atom stereocenters. The Hall–Kier alpha value is -2.31. The molecular formula is C22H23NO4S. The fourth-order valence-electron chi connectivity index (χ4n) is 4.30. The maximum Gasteiger partial charge on any atom is 0.338 e. The monoisotopic (exact) mass is 397 g/mol. The molecule has 0 radical (unpaired) electrons. The molecule has 6 heteroatoms. The van der Waals surface area contributed by atoms with Crippen molar-refractivity contribution in [1.29, 1.82) is 0 Å². The molecule has 0 bridgehead atoms. The Morgan fingerprint density at radius 1 is 1.04 bits per heavy atom. The van der Waals surface area contributed by atoms with Gasteiger partial charge in [-0.25, -0.2) is 9.59 Å². The number of carbonyl (C=O) groups excluding carboxylic acids is 1. The minimum Gasteiger partial charge on any atom is -0.479 e. The quantitative estimate of drug-likeness (QED) is 0.595. The van der Waals surface area contributed by atoms with E-state index in [0.29, 0.717) is 12.8 Å². The summed E-state index contributed by atoms with van der Waals surface area (Å²) >= 11 is 1.76. The predicted molar refractivity (Wildman–Crippen MR) is 109 cm³/mol. The summed E-state index contributed by atoms with van der Waals surface area (Å²) in [4.78, 5) is 24.8. The van der Waals surface area contributed by atoms with Crippen molar-refractivity contribution in [3.8, 4) is 11.1 Å². The number of ether oxygens (including phenoxy) is 1. The highest BCUT2D eigenvalue weighted by Crippen LogP contribution is 2.44. The minimum atomic E-state index is -1.99. The van der Waals surface area contributed by atoms with Crippen LogP contribution >= 0.6 is 11.8 Å². The number of hydrogen-bond donors (Lipinski definition) is 2. The van der Waals surface area contributed by atoms with Crippen molar-refractivity contribution < 1.29 is 19.4 Å². The number of carboxylic acid groups (broad SMARTS) is 1. The van der Waals surface area contributed by atoms with Crippen molar-refractivity contribution in [2.24, 2.45) is 11.7 Å². The second-order valence-corrected chi connectivity index (χ2v) is 8.61. The summed E-state index contributed by atoms with van der Waals surface area (Å²) < 4.78 is 5.57. The van der Waals surface area contributed by atoms with Crippen molar-refractivity contribution in [2.75, 3.05) is 18.1 Å². The van der Waals surface area contributed by atoms with Gasteiger partial charge in [-0.05, 0) is 46.6 Å². The highest BCUT2D eigenvalue weighted by molar-refractivity contribution is 7.99. The summed E-state index contributed by atoms with van der Waals surface area (Å²) in [6.07, 6.45) is 1.22. The molecule has 28 heavy (non-hydrogen) atoms. The Labute approximate surface area is 168 Å². The van der Waals surface area contributed by atoms with Crippen LogP contribution in [0.5, 0.6) is 0 Å². The summed E-state index contributed by atoms with van der Waals surface area (Å²) in [6.45, 7) is 0.0839. The predicted octanol–water partition coefficient (Wildman–Crippen LogP) is 3.27. The maximum atomic E-state index is 12.9. The number of benzene rings is 2. The van der Waals surface area contributed by atoms with E-state index in [1.807, 2.05) is 36.4 Å². The van der Waals surface area contributed by atoms with Gasteiger partial charge in [-0.15, -0.1) is 0 Å². The molecule has 1 heterocycles. The van der Waals surface area contributed by atoms with Gasteiger partial charge in [-0.2, -0.15) is 11.8 Å². The zero-order valence-corrected chi connectivity index (χ0v) is 16.3. The van der Waals surface area contributed by atoms with Gasteiger partial charge in [-0.1, -0.05) is 48.5 Å². The number of hydrogen-bond acceptors (Lipinski definition) is 5. The van der Waals surface area contributed by atoms with Gasteiger partial charge >= 0.3 is 11.9 Å². The van der Waals surface area contributed by atoms with E-state index in [0.717, 1.165) is 33.8 Å². The van der Waals surface area contributed by atoms with Crippen LogP contribution in [0.25, 0.3) is 11.1 Å². The van der Waals surface area contributed by atoms with Crippen LogP contribution in [0.4, 0.5) is 0 Å². The largest absolute Gasteiger partial charge is 0.479 e. The molecule has 1 fully saturated rings. The van der Waals surface area contributed by atoms with E-state index in [2.05, 4.69) is 12.1 Å². The van der Waals surface area contributed by atoms with Crippen molar-refractivity contribution >= 4 is 23.7 Å². The average molecular weight is 397 g/mol. The van der Waals surface area contributed by atoms with Crippen molar-refractivity contribution in [1.82, 2.24) is 0 Å². The van der Waals surface area contributed by atoms with Crippen LogP contribution in [0.1, 0.15) is 29.9 Å². The lowest BCUT2D eigenvalue weighted by molar-refractivity contribution is -0.164. The third kappa shape index (κ3) is 3.10. The lowest BCUT2D eigenvalue weighted by Crippen LogP contribution is -2.61. The zero-order chi connectivity index (χ0) is 19.7. The molecule has 3 N–H and O–H groups in total. The molecule has 2 aliphatic rings. The van der Waals surface area contributed by atoms with Crippen LogP contribution in [0.3, 0.4) is 0 Å². The third-order valence-corrected chi connectivity index (χ3v) is 6.95. The molecule has 0 aromatic heterocycles. The van der Waals surface area contributed by atoms with Crippen LogP contribution in [0.15, 0.2) is 48.5 Å². The van der Waals surface area contributed by atoms with E-state index < -0.39 is 23.4 Å². The number of thioether (sulfide) groups is 1. The first-order valence-corrected chi connectivity index (χ1v) is 10.6. The molecule has 1 saturated heterocycles. The Bertz CT molecular complexity index is 863. The standard InChI is InChI=1S/C22H23NO4S/c23-22(20(24)25,14-9-11-28-12-10-14)21(26)27-13-19-17-7-3-1-5-15(17)16-6-2-4-8-18(16)19/h1-8,14,19H,9-13,23H2,(H,24,25). The number of carboxylic acids is 1. The van der Waals surface area contributed by atoms with E-state index >= 15 is 0 Å². The van der Waals surface area contributed by atoms with Crippen LogP contribution in [-0.2, 0) is 14.3 Å². The molecule has 2 aromatic rings. The number of aliphatic carboxylic acids is 1. The Morgan fingerprint density at radius 3 is 2.11 bits per heavy atom. The number of esters is 1. The third-order valence-electron chi connectivity index (χ3n) is 5.90. The first-order valence-electron chi connectivity index (χ1n) is 9.49. The molecule has 1 aliphatic heterocycles. The zero-order valence-electron chi connectivity index (χ0n) is 15.5. The summed E-state index contributed by atoms with van der Waals surface area (Å²) in [5, 5.41) is 9.73. The Balaban J connectivity index is 1.57. The lowest BCUT2D eigenvalue weighted by Gasteiger charge is -2.34. The molecular weight excluding hydrogens is 374 g/mol. The highest BCUT2D eigenvalue weighted by Gasteiger charge is 2.51. The highest BCUT2D eigenvalue weighted by atomic mass is 32.2. The second kappa shape index (κ2) is 7.60. The van der Waals surface area contributed by atoms with E-state index in [1.165, 1.54) is 0 Å². The first-order chi connectivity index (χ1) is 13.5. The smallest absolute Gasteiger partial charge is 0.338 e. The number of nitrogens with two attached hydrogens (primary N) is 1. The normalized spacial score (nSPS) is 18.8. The molecule has 0 amide bonds.